The van der Waals surface area contributed by atoms with E-state index in [0.29, 0.717) is 31.7 Å². The number of thioether (sulfide) groups is 1. The molecule has 1 N–H and O–H groups in total. The molecule has 4 rings (SSSR count). The van der Waals surface area contributed by atoms with Gasteiger partial charge in [-0.1, -0.05) is 41.9 Å². The van der Waals surface area contributed by atoms with E-state index in [1.807, 2.05) is 19.1 Å². The number of benzene rings is 2. The largest absolute Gasteiger partial charge is 0.407 e. The van der Waals surface area contributed by atoms with Crippen molar-refractivity contribution in [3.05, 3.63) is 65.5 Å². The van der Waals surface area contributed by atoms with Crippen LogP contribution in [-0.2, 0) is 21.2 Å². The molecule has 2 aromatic carbocycles. The number of nitrogens with zero attached hydrogens (tertiary/aromatic N) is 3. The van der Waals surface area contributed by atoms with Gasteiger partial charge in [0.25, 0.3) is 0 Å². The Hall–Kier alpha value is -2.69. The molecule has 1 aliphatic rings. The fraction of sp³-hybridized carbons (Fsp3) is 0.375. The Balaban J connectivity index is 1.36. The van der Waals surface area contributed by atoms with Crippen molar-refractivity contribution in [1.82, 2.24) is 14.5 Å². The van der Waals surface area contributed by atoms with E-state index in [-0.39, 0.29) is 23.4 Å². The van der Waals surface area contributed by atoms with Crippen molar-refractivity contribution in [3.63, 3.8) is 0 Å². The highest BCUT2D eigenvalue weighted by Crippen LogP contribution is 2.25. The van der Waals surface area contributed by atoms with Gasteiger partial charge in [-0.15, -0.1) is 16.9 Å². The van der Waals surface area contributed by atoms with Gasteiger partial charge in [-0.2, -0.15) is 4.31 Å². The molecular weight excluding hydrogens is 472 g/mol. The molecule has 8 nitrogen and oxygen atoms in total. The molecule has 1 unspecified atom stereocenters. The first-order chi connectivity index (χ1) is 16.3. The lowest BCUT2D eigenvalue weighted by molar-refractivity contribution is -0.121. The topological polar surface area (TPSA) is 105 Å². The second-order valence-corrected chi connectivity index (χ2v) is 11.5. The van der Waals surface area contributed by atoms with Gasteiger partial charge in [-0.05, 0) is 55.3 Å². The zero-order valence-corrected chi connectivity index (χ0v) is 20.9. The van der Waals surface area contributed by atoms with Gasteiger partial charge < -0.3 is 4.42 Å². The first-order valence-corrected chi connectivity index (χ1v) is 13.7. The molecule has 2 heterocycles. The smallest absolute Gasteiger partial charge is 0.322 e. The molecule has 0 saturated carbocycles. The van der Waals surface area contributed by atoms with Crippen LogP contribution in [0, 0.1) is 12.8 Å². The Labute approximate surface area is 204 Å². The van der Waals surface area contributed by atoms with Crippen molar-refractivity contribution in [1.29, 1.82) is 0 Å². The molecule has 1 atom stereocenters. The fourth-order valence-electron chi connectivity index (χ4n) is 3.86. The standard InChI is InChI=1S/C24H28N4O4S2/c1-3-33-20-10-8-18(9-11-20)15-22-26-27-24(32-22)25-23(29)19-5-4-14-28(16-19)34(30,31)21-12-6-17(2)7-13-21/h6-13,19H,3-5,14-16H2,1-2H3,(H,25,27,29). The summed E-state index contributed by atoms with van der Waals surface area (Å²) in [5, 5.41) is 10.6. The van der Waals surface area contributed by atoms with Gasteiger partial charge in [0.2, 0.25) is 21.8 Å². The fourth-order valence-corrected chi connectivity index (χ4v) is 6.05. The number of hydrogen-bond donors (Lipinski definition) is 1. The third kappa shape index (κ3) is 5.86. The SMILES string of the molecule is CCSc1ccc(Cc2nnc(NC(=O)C3CCCN(S(=O)(=O)c4ccc(C)cc4)C3)o2)cc1. The summed E-state index contributed by atoms with van der Waals surface area (Å²) in [4.78, 5) is 14.3. The van der Waals surface area contributed by atoms with E-state index in [1.165, 1.54) is 9.20 Å². The number of aryl methyl sites for hydroxylation is 1. The third-order valence-corrected chi connectivity index (χ3v) is 8.47. The first kappa shape index (κ1) is 24.4. The van der Waals surface area contributed by atoms with Gasteiger partial charge in [-0.3, -0.25) is 10.1 Å². The molecule has 0 bridgehead atoms. The highest BCUT2D eigenvalue weighted by Gasteiger charge is 2.33. The summed E-state index contributed by atoms with van der Waals surface area (Å²) in [6.07, 6.45) is 1.66. The van der Waals surface area contributed by atoms with Crippen molar-refractivity contribution in [2.75, 3.05) is 24.2 Å². The second-order valence-electron chi connectivity index (χ2n) is 8.26. The van der Waals surface area contributed by atoms with Crippen molar-refractivity contribution in [2.24, 2.45) is 5.92 Å². The number of rotatable bonds is 8. The molecular formula is C24H28N4O4S2. The maximum Gasteiger partial charge on any atom is 0.322 e. The van der Waals surface area contributed by atoms with Crippen LogP contribution in [0.1, 0.15) is 36.8 Å². The van der Waals surface area contributed by atoms with Gasteiger partial charge in [0, 0.05) is 18.0 Å². The van der Waals surface area contributed by atoms with Crippen LogP contribution in [-0.4, -0.2) is 47.7 Å². The highest BCUT2D eigenvalue weighted by atomic mass is 32.2. The molecule has 0 radical (unpaired) electrons. The van der Waals surface area contributed by atoms with E-state index in [9.17, 15) is 13.2 Å². The van der Waals surface area contributed by atoms with Crippen LogP contribution in [0.2, 0.25) is 0 Å². The van der Waals surface area contributed by atoms with Crippen molar-refractivity contribution in [3.8, 4) is 0 Å². The molecule has 180 valence electrons. The Morgan fingerprint density at radius 2 is 1.88 bits per heavy atom. The predicted octanol–water partition coefficient (Wildman–Crippen LogP) is 4.12. The quantitative estimate of drug-likeness (QED) is 0.464. The number of carbonyl (C=O) groups excluding carboxylic acids is 1. The summed E-state index contributed by atoms with van der Waals surface area (Å²) in [7, 11) is -3.66. The van der Waals surface area contributed by atoms with Gasteiger partial charge in [0.15, 0.2) is 0 Å². The molecule has 1 fully saturated rings. The van der Waals surface area contributed by atoms with E-state index in [2.05, 4.69) is 34.6 Å². The van der Waals surface area contributed by atoms with E-state index in [4.69, 9.17) is 4.42 Å². The van der Waals surface area contributed by atoms with Crippen LogP contribution in [0.4, 0.5) is 6.01 Å². The minimum absolute atomic E-state index is 0.0247. The number of amides is 1. The summed E-state index contributed by atoms with van der Waals surface area (Å²) >= 11 is 1.78. The molecule has 34 heavy (non-hydrogen) atoms. The van der Waals surface area contributed by atoms with Crippen LogP contribution in [0.15, 0.2) is 62.7 Å². The Morgan fingerprint density at radius 1 is 1.15 bits per heavy atom. The van der Waals surface area contributed by atoms with Gasteiger partial charge >= 0.3 is 6.01 Å². The lowest BCUT2D eigenvalue weighted by atomic mass is 9.99. The van der Waals surface area contributed by atoms with Crippen LogP contribution < -0.4 is 5.32 Å². The number of aromatic nitrogens is 2. The minimum Gasteiger partial charge on any atom is -0.407 e. The first-order valence-electron chi connectivity index (χ1n) is 11.3. The molecule has 0 spiro atoms. The second kappa shape index (κ2) is 10.7. The average Bonchev–Trinajstić information content (AvgIpc) is 3.27. The van der Waals surface area contributed by atoms with Crippen LogP contribution in [0.25, 0.3) is 0 Å². The van der Waals surface area contributed by atoms with Crippen LogP contribution in [0.3, 0.4) is 0 Å². The zero-order chi connectivity index (χ0) is 24.1. The van der Waals surface area contributed by atoms with Gasteiger partial charge in [0.1, 0.15) is 0 Å². The van der Waals surface area contributed by atoms with Gasteiger partial charge in [0.05, 0.1) is 17.2 Å². The van der Waals surface area contributed by atoms with Crippen LogP contribution >= 0.6 is 11.8 Å². The number of carbonyl (C=O) groups is 1. The summed E-state index contributed by atoms with van der Waals surface area (Å²) in [5.74, 6) is 0.606. The number of anilines is 1. The Morgan fingerprint density at radius 3 is 2.59 bits per heavy atom. The third-order valence-electron chi connectivity index (χ3n) is 5.70. The van der Waals surface area contributed by atoms with E-state index in [1.54, 1.807) is 36.0 Å². The predicted molar refractivity (Wildman–Crippen MR) is 131 cm³/mol. The average molecular weight is 501 g/mol. The minimum atomic E-state index is -3.66. The maximum atomic E-state index is 13.0. The summed E-state index contributed by atoms with van der Waals surface area (Å²) in [5.41, 5.74) is 2.02. The summed E-state index contributed by atoms with van der Waals surface area (Å²) < 4.78 is 33.0. The van der Waals surface area contributed by atoms with Crippen molar-refractivity contribution >= 4 is 33.7 Å². The Bertz CT molecular complexity index is 1220. The number of piperidine rings is 1. The summed E-state index contributed by atoms with van der Waals surface area (Å²) in [6.45, 7) is 4.52. The lowest BCUT2D eigenvalue weighted by Gasteiger charge is -2.30. The van der Waals surface area contributed by atoms with Gasteiger partial charge in [-0.25, -0.2) is 8.42 Å². The van der Waals surface area contributed by atoms with Crippen molar-refractivity contribution < 1.29 is 17.6 Å². The molecule has 1 aromatic heterocycles. The van der Waals surface area contributed by atoms with E-state index < -0.39 is 15.9 Å². The number of hydrogen-bond acceptors (Lipinski definition) is 7. The van der Waals surface area contributed by atoms with Crippen molar-refractivity contribution in [2.45, 2.75) is 42.9 Å². The molecule has 10 heteroatoms. The lowest BCUT2D eigenvalue weighted by Crippen LogP contribution is -2.43. The number of nitrogens with one attached hydrogen (secondary N) is 1. The monoisotopic (exact) mass is 500 g/mol. The highest BCUT2D eigenvalue weighted by molar-refractivity contribution is 7.99. The molecule has 3 aromatic rings. The normalized spacial score (nSPS) is 16.9. The number of sulfonamides is 1. The Kier molecular flexibility index (Phi) is 7.70. The van der Waals surface area contributed by atoms with E-state index >= 15 is 0 Å². The zero-order valence-electron chi connectivity index (χ0n) is 19.2. The summed E-state index contributed by atoms with van der Waals surface area (Å²) in [6, 6.07) is 14.9. The molecule has 0 aliphatic carbocycles. The molecule has 1 aliphatic heterocycles. The van der Waals surface area contributed by atoms with Crippen LogP contribution in [0.5, 0.6) is 0 Å². The molecule has 1 amide bonds. The van der Waals surface area contributed by atoms with E-state index in [0.717, 1.165) is 16.9 Å². The molecule has 1 saturated heterocycles. The maximum absolute atomic E-state index is 13.0.